The van der Waals surface area contributed by atoms with Gasteiger partial charge in [-0.15, -0.1) is 0 Å². The topological polar surface area (TPSA) is 79.0 Å². The number of hydrogen-bond donors (Lipinski definition) is 1. The van der Waals surface area contributed by atoms with E-state index in [1.165, 1.54) is 19.3 Å². The summed E-state index contributed by atoms with van der Waals surface area (Å²) in [4.78, 5) is 9.14. The van der Waals surface area contributed by atoms with Crippen molar-refractivity contribution in [3.05, 3.63) is 47.2 Å². The van der Waals surface area contributed by atoms with Gasteiger partial charge in [-0.25, -0.2) is 4.99 Å². The van der Waals surface area contributed by atoms with Crippen molar-refractivity contribution in [2.45, 2.75) is 62.4 Å². The molecule has 2 N–H and O–H groups in total. The van der Waals surface area contributed by atoms with Crippen molar-refractivity contribution >= 4 is 17.6 Å². The fourth-order valence-electron chi connectivity index (χ4n) is 5.51. The molecule has 2 saturated carbocycles. The number of fused-ring (bicyclic) bond motifs is 4. The number of pyridine rings is 1. The summed E-state index contributed by atoms with van der Waals surface area (Å²) in [5.74, 6) is 1.02. The smallest absolute Gasteiger partial charge is 0.283 e. The van der Waals surface area contributed by atoms with E-state index in [0.717, 1.165) is 41.7 Å². The second-order valence-corrected chi connectivity index (χ2v) is 9.59. The summed E-state index contributed by atoms with van der Waals surface area (Å²) < 4.78 is 18.7. The fraction of sp³-hybridized carbons (Fsp3) is 0.500. The molecule has 0 amide bonds. The largest absolute Gasteiger partial charge is 0.490 e. The molecule has 1 aromatic carbocycles. The van der Waals surface area contributed by atoms with Crippen molar-refractivity contribution in [1.82, 2.24) is 4.98 Å². The summed E-state index contributed by atoms with van der Waals surface area (Å²) in [5, 5.41) is 0.607. The van der Waals surface area contributed by atoms with Crippen molar-refractivity contribution in [3.8, 4) is 16.9 Å². The van der Waals surface area contributed by atoms with Crippen LogP contribution in [-0.2, 0) is 15.0 Å². The number of rotatable bonds is 3. The molecule has 3 heterocycles. The highest BCUT2D eigenvalue weighted by Crippen LogP contribution is 2.53. The second kappa shape index (κ2) is 7.38. The molecule has 31 heavy (non-hydrogen) atoms. The highest BCUT2D eigenvalue weighted by atomic mass is 35.5. The Kier molecular flexibility index (Phi) is 4.62. The molecule has 6 nitrogen and oxygen atoms in total. The van der Waals surface area contributed by atoms with Crippen molar-refractivity contribution in [2.24, 2.45) is 16.6 Å². The molecule has 4 aliphatic rings. The van der Waals surface area contributed by atoms with Crippen molar-refractivity contribution < 1.29 is 14.2 Å². The van der Waals surface area contributed by atoms with Crippen LogP contribution >= 0.6 is 11.6 Å². The number of aliphatic imine (C=N–C) groups is 1. The van der Waals surface area contributed by atoms with Crippen molar-refractivity contribution in [3.63, 3.8) is 0 Å². The Bertz CT molecular complexity index is 1040. The van der Waals surface area contributed by atoms with Gasteiger partial charge in [-0.3, -0.25) is 4.98 Å². The second-order valence-electron chi connectivity index (χ2n) is 9.15. The number of aromatic nitrogens is 1. The summed E-state index contributed by atoms with van der Waals surface area (Å²) in [6, 6.07) is 8.39. The van der Waals surface area contributed by atoms with E-state index in [1.54, 1.807) is 6.20 Å². The zero-order chi connectivity index (χ0) is 21.0. The fourth-order valence-corrected chi connectivity index (χ4v) is 5.68. The van der Waals surface area contributed by atoms with Crippen LogP contribution in [0.1, 0.15) is 44.1 Å². The molecule has 7 heteroatoms. The van der Waals surface area contributed by atoms with Gasteiger partial charge in [-0.2, -0.15) is 0 Å². The number of hydrogen-bond acceptors (Lipinski definition) is 6. The predicted octanol–water partition coefficient (Wildman–Crippen LogP) is 4.44. The maximum Gasteiger partial charge on any atom is 0.283 e. The average molecular weight is 440 g/mol. The first kappa shape index (κ1) is 19.4. The minimum absolute atomic E-state index is 0.0886. The highest BCUT2D eigenvalue weighted by Gasteiger charge is 2.56. The molecule has 1 spiro atoms. The highest BCUT2D eigenvalue weighted by molar-refractivity contribution is 6.30. The molecule has 2 aromatic rings. The summed E-state index contributed by atoms with van der Waals surface area (Å²) in [6.45, 7) is 0.434. The first-order valence-electron chi connectivity index (χ1n) is 11.2. The van der Waals surface area contributed by atoms with Crippen LogP contribution in [0.2, 0.25) is 5.02 Å². The quantitative estimate of drug-likeness (QED) is 0.764. The molecule has 2 aliphatic heterocycles. The van der Waals surface area contributed by atoms with E-state index in [9.17, 15) is 0 Å². The summed E-state index contributed by atoms with van der Waals surface area (Å²) >= 11 is 6.18. The van der Waals surface area contributed by atoms with Gasteiger partial charge < -0.3 is 19.9 Å². The Morgan fingerprint density at radius 1 is 1.06 bits per heavy atom. The van der Waals surface area contributed by atoms with Crippen LogP contribution in [0.25, 0.3) is 11.1 Å². The van der Waals surface area contributed by atoms with Gasteiger partial charge in [0.05, 0.1) is 17.2 Å². The van der Waals surface area contributed by atoms with Crippen LogP contribution in [0.5, 0.6) is 5.75 Å². The van der Waals surface area contributed by atoms with Gasteiger partial charge in [0.2, 0.25) is 0 Å². The third kappa shape index (κ3) is 3.28. The van der Waals surface area contributed by atoms with Gasteiger partial charge in [-0.05, 0) is 62.3 Å². The van der Waals surface area contributed by atoms with Crippen LogP contribution in [0.15, 0.2) is 41.7 Å². The van der Waals surface area contributed by atoms with Crippen LogP contribution < -0.4 is 10.5 Å². The molecular formula is C24H26ClN3O3. The van der Waals surface area contributed by atoms with Gasteiger partial charge in [0.25, 0.3) is 6.02 Å². The third-order valence-electron chi connectivity index (χ3n) is 7.30. The summed E-state index contributed by atoms with van der Waals surface area (Å²) in [6.07, 6.45) is 10.7. The molecule has 2 aliphatic carbocycles. The summed E-state index contributed by atoms with van der Waals surface area (Å²) in [7, 11) is 0. The molecule has 0 bridgehead atoms. The molecule has 2 fully saturated rings. The zero-order valence-corrected chi connectivity index (χ0v) is 18.1. The SMILES string of the molecule is NC1=NC2(CO1)c1cc(-c3cncc(Cl)c3)ccc1O[C@H]1CC[C@H](OC3CCC3)CC12. The predicted molar refractivity (Wildman–Crippen MR) is 118 cm³/mol. The van der Waals surface area contributed by atoms with E-state index in [2.05, 4.69) is 17.1 Å². The normalized spacial score (nSPS) is 31.8. The monoisotopic (exact) mass is 439 g/mol. The molecule has 6 rings (SSSR count). The Morgan fingerprint density at radius 3 is 2.71 bits per heavy atom. The Morgan fingerprint density at radius 2 is 1.97 bits per heavy atom. The number of nitrogens with zero attached hydrogens (tertiary/aromatic N) is 2. The van der Waals surface area contributed by atoms with Crippen LogP contribution in [0.4, 0.5) is 0 Å². The van der Waals surface area contributed by atoms with Gasteiger partial charge in [-0.1, -0.05) is 17.7 Å². The van der Waals surface area contributed by atoms with E-state index in [1.807, 2.05) is 18.3 Å². The maximum atomic E-state index is 6.50. The summed E-state index contributed by atoms with van der Waals surface area (Å²) in [5.41, 5.74) is 8.52. The number of nitrogens with two attached hydrogens (primary N) is 1. The minimum Gasteiger partial charge on any atom is -0.490 e. The lowest BCUT2D eigenvalue weighted by Crippen LogP contribution is -2.52. The average Bonchev–Trinajstić information content (AvgIpc) is 3.13. The van der Waals surface area contributed by atoms with E-state index >= 15 is 0 Å². The lowest BCUT2D eigenvalue weighted by Gasteiger charge is -2.48. The van der Waals surface area contributed by atoms with Crippen LogP contribution in [0.3, 0.4) is 0 Å². The van der Waals surface area contributed by atoms with E-state index in [-0.39, 0.29) is 24.1 Å². The number of halogens is 1. The molecule has 0 saturated heterocycles. The molecule has 2 unspecified atom stereocenters. The van der Waals surface area contributed by atoms with Crippen molar-refractivity contribution in [2.75, 3.05) is 6.61 Å². The molecule has 4 atom stereocenters. The van der Waals surface area contributed by atoms with Gasteiger partial charge >= 0.3 is 0 Å². The lowest BCUT2D eigenvalue weighted by atomic mass is 9.67. The molecule has 162 valence electrons. The van der Waals surface area contributed by atoms with Crippen LogP contribution in [-0.4, -0.2) is 35.9 Å². The van der Waals surface area contributed by atoms with Gasteiger partial charge in [0, 0.05) is 29.4 Å². The number of ether oxygens (including phenoxy) is 3. The van der Waals surface area contributed by atoms with E-state index in [0.29, 0.717) is 17.7 Å². The van der Waals surface area contributed by atoms with Crippen molar-refractivity contribution in [1.29, 1.82) is 0 Å². The lowest BCUT2D eigenvalue weighted by molar-refractivity contribution is -0.106. The van der Waals surface area contributed by atoms with Gasteiger partial charge in [0.15, 0.2) is 0 Å². The first-order chi connectivity index (χ1) is 15.1. The zero-order valence-electron chi connectivity index (χ0n) is 17.3. The maximum absolute atomic E-state index is 6.50. The van der Waals surface area contributed by atoms with Crippen LogP contribution in [0, 0.1) is 5.92 Å². The first-order valence-corrected chi connectivity index (χ1v) is 11.5. The Hall–Kier alpha value is -2.31. The van der Waals surface area contributed by atoms with E-state index < -0.39 is 5.54 Å². The van der Waals surface area contributed by atoms with Gasteiger partial charge in [0.1, 0.15) is 24.0 Å². The number of benzene rings is 1. The third-order valence-corrected chi connectivity index (χ3v) is 7.51. The Balaban J connectivity index is 1.40. The number of amidine groups is 1. The molecule has 1 aromatic heterocycles. The Labute approximate surface area is 186 Å². The standard InChI is InChI=1S/C24H26ClN3O3/c25-16-8-15(11-27-12-16)14-4-6-21-19(9-14)24(13-29-23(26)28-24)20-10-18(5-7-22(20)31-21)30-17-2-1-3-17/h4,6,8-9,11-12,17-18,20,22H,1-3,5,7,10,13H2,(H2,26,28)/t18-,20?,22-,24?/m0/s1. The minimum atomic E-state index is -0.550. The molecular weight excluding hydrogens is 414 g/mol. The van der Waals surface area contributed by atoms with E-state index in [4.69, 9.17) is 36.5 Å². The molecule has 0 radical (unpaired) electrons.